The number of ether oxygens (including phenoxy) is 3. The average Bonchev–Trinajstić information content (AvgIpc) is 2.87. The maximum absolute atomic E-state index is 13.0. The molecule has 3 aliphatic rings. The van der Waals surface area contributed by atoms with Crippen molar-refractivity contribution >= 4 is 17.9 Å². The number of cyclic esters (lactones) is 1. The lowest BCUT2D eigenvalue weighted by atomic mass is 9.70. The van der Waals surface area contributed by atoms with Gasteiger partial charge in [0.25, 0.3) is 0 Å². The van der Waals surface area contributed by atoms with Crippen LogP contribution in [0.5, 0.6) is 0 Å². The molecule has 0 aromatic heterocycles. The summed E-state index contributed by atoms with van der Waals surface area (Å²) < 4.78 is 15.7. The number of hydrogen-bond donors (Lipinski definition) is 2. The summed E-state index contributed by atoms with van der Waals surface area (Å²) >= 11 is 0. The van der Waals surface area contributed by atoms with Crippen LogP contribution in [0.3, 0.4) is 0 Å². The van der Waals surface area contributed by atoms with Crippen LogP contribution in [0.15, 0.2) is 23.5 Å². The molecule has 8 nitrogen and oxygen atoms in total. The van der Waals surface area contributed by atoms with Gasteiger partial charge in [0, 0.05) is 18.8 Å². The molecule has 0 amide bonds. The third kappa shape index (κ3) is 3.53. The molecule has 0 radical (unpaired) electrons. The van der Waals surface area contributed by atoms with E-state index in [1.54, 1.807) is 0 Å². The number of rotatable bonds is 3. The van der Waals surface area contributed by atoms with E-state index in [4.69, 9.17) is 9.47 Å². The van der Waals surface area contributed by atoms with E-state index in [9.17, 15) is 24.6 Å². The van der Waals surface area contributed by atoms with Gasteiger partial charge in [-0.15, -0.1) is 0 Å². The van der Waals surface area contributed by atoms with E-state index in [2.05, 4.69) is 11.3 Å². The van der Waals surface area contributed by atoms with Crippen LogP contribution in [0.4, 0.5) is 0 Å². The van der Waals surface area contributed by atoms with Gasteiger partial charge in [-0.3, -0.25) is 9.59 Å². The molecular weight excluding hydrogens is 368 g/mol. The van der Waals surface area contributed by atoms with E-state index >= 15 is 0 Å². The number of carbonyl (C=O) groups excluding carboxylic acids is 3. The Bertz CT molecular complexity index is 753. The molecule has 0 spiro atoms. The number of aliphatic hydroxyl groups is 2. The molecule has 0 aromatic rings. The zero-order valence-corrected chi connectivity index (χ0v) is 16.3. The third-order valence-electron chi connectivity index (χ3n) is 6.02. The largest absolute Gasteiger partial charge is 0.512 e. The molecule has 0 saturated carbocycles. The monoisotopic (exact) mass is 394 g/mol. The van der Waals surface area contributed by atoms with Gasteiger partial charge in [0.05, 0.1) is 25.0 Å². The predicted octanol–water partition coefficient (Wildman–Crippen LogP) is 1.57. The number of hydrogen-bond acceptors (Lipinski definition) is 8. The Morgan fingerprint density at radius 2 is 2.07 bits per heavy atom. The standard InChI is InChI=1S/C20H26O8/c1-9(2)10-5-11-15(12(21)6-10)19(25)28-20(3,8-14(22)26-4)7-13-17(23)16(11)18(24)27-13/h10-11,13,16-17,21,23H,1,5-8H2,2-4H3/t10-,11-,13+,16-,17+,20-/m0/s1. The predicted molar refractivity (Wildman–Crippen MR) is 95.8 cm³/mol. The average molecular weight is 394 g/mol. The molecule has 2 saturated heterocycles. The van der Waals surface area contributed by atoms with Crippen molar-refractivity contribution in [2.75, 3.05) is 7.11 Å². The topological polar surface area (TPSA) is 119 Å². The van der Waals surface area contributed by atoms with Crippen LogP contribution in [-0.4, -0.2) is 53.0 Å². The van der Waals surface area contributed by atoms with Gasteiger partial charge in [-0.2, -0.15) is 0 Å². The summed E-state index contributed by atoms with van der Waals surface area (Å²) in [5.41, 5.74) is -0.581. The summed E-state index contributed by atoms with van der Waals surface area (Å²) in [6.07, 6.45) is -1.87. The summed E-state index contributed by atoms with van der Waals surface area (Å²) in [7, 11) is 1.21. The van der Waals surface area contributed by atoms with Crippen LogP contribution in [0.1, 0.15) is 39.5 Å². The Kier molecular flexibility index (Phi) is 5.27. The molecule has 28 heavy (non-hydrogen) atoms. The first-order chi connectivity index (χ1) is 13.1. The van der Waals surface area contributed by atoms with E-state index < -0.39 is 47.6 Å². The van der Waals surface area contributed by atoms with Crippen LogP contribution >= 0.6 is 0 Å². The Labute approximate surface area is 163 Å². The van der Waals surface area contributed by atoms with E-state index in [1.807, 2.05) is 6.92 Å². The smallest absolute Gasteiger partial charge is 0.338 e. The van der Waals surface area contributed by atoms with Gasteiger partial charge in [-0.25, -0.2) is 4.79 Å². The number of methoxy groups -OCH3 is 1. The minimum atomic E-state index is -1.36. The molecule has 6 atom stereocenters. The van der Waals surface area contributed by atoms with Crippen molar-refractivity contribution in [2.24, 2.45) is 17.8 Å². The Balaban J connectivity index is 2.07. The molecule has 154 valence electrons. The number of esters is 3. The summed E-state index contributed by atoms with van der Waals surface area (Å²) in [6, 6.07) is 0. The fourth-order valence-electron chi connectivity index (χ4n) is 4.50. The first-order valence-corrected chi connectivity index (χ1v) is 9.32. The maximum Gasteiger partial charge on any atom is 0.338 e. The second-order valence-corrected chi connectivity index (χ2v) is 8.24. The van der Waals surface area contributed by atoms with E-state index in [-0.39, 0.29) is 36.5 Å². The number of aliphatic hydroxyl groups excluding tert-OH is 2. The summed E-state index contributed by atoms with van der Waals surface area (Å²) in [5, 5.41) is 21.4. The van der Waals surface area contributed by atoms with Crippen molar-refractivity contribution in [1.82, 2.24) is 0 Å². The maximum atomic E-state index is 13.0. The molecule has 2 fully saturated rings. The SMILES string of the molecule is C=C(C)[C@@H]1CC(O)=C2C(=O)O[C@](C)(CC(=O)OC)C[C@H]3OC(=O)[C@H]([C@@H]3O)[C@H]2C1. The van der Waals surface area contributed by atoms with Gasteiger partial charge >= 0.3 is 17.9 Å². The molecule has 0 unspecified atom stereocenters. The van der Waals surface area contributed by atoms with Crippen molar-refractivity contribution < 1.29 is 38.8 Å². The second kappa shape index (κ2) is 7.24. The van der Waals surface area contributed by atoms with Crippen molar-refractivity contribution in [1.29, 1.82) is 0 Å². The number of allylic oxidation sites excluding steroid dienone is 2. The fraction of sp³-hybridized carbons (Fsp3) is 0.650. The second-order valence-electron chi connectivity index (χ2n) is 8.24. The Hall–Kier alpha value is -2.35. The lowest BCUT2D eigenvalue weighted by Gasteiger charge is -2.35. The zero-order valence-electron chi connectivity index (χ0n) is 16.3. The number of carbonyl (C=O) groups is 3. The minimum absolute atomic E-state index is 0.0304. The van der Waals surface area contributed by atoms with E-state index in [0.29, 0.717) is 6.42 Å². The van der Waals surface area contributed by atoms with E-state index in [1.165, 1.54) is 14.0 Å². The highest BCUT2D eigenvalue weighted by Crippen LogP contribution is 2.47. The first-order valence-electron chi connectivity index (χ1n) is 9.32. The first kappa shape index (κ1) is 20.4. The fourth-order valence-corrected chi connectivity index (χ4v) is 4.50. The highest BCUT2D eigenvalue weighted by molar-refractivity contribution is 5.92. The highest BCUT2D eigenvalue weighted by Gasteiger charge is 2.56. The highest BCUT2D eigenvalue weighted by atomic mass is 16.6. The lowest BCUT2D eigenvalue weighted by Crippen LogP contribution is -2.40. The summed E-state index contributed by atoms with van der Waals surface area (Å²) in [6.45, 7) is 7.25. The lowest BCUT2D eigenvalue weighted by molar-refractivity contribution is -0.167. The van der Waals surface area contributed by atoms with Crippen molar-refractivity contribution in [3.05, 3.63) is 23.5 Å². The summed E-state index contributed by atoms with van der Waals surface area (Å²) in [4.78, 5) is 37.4. The molecular formula is C20H26O8. The van der Waals surface area contributed by atoms with Gasteiger partial charge in [0.2, 0.25) is 0 Å². The molecule has 8 heteroatoms. The molecule has 2 bridgehead atoms. The summed E-state index contributed by atoms with van der Waals surface area (Å²) in [5.74, 6) is -4.08. The van der Waals surface area contributed by atoms with Crippen LogP contribution in [0.25, 0.3) is 0 Å². The van der Waals surface area contributed by atoms with Gasteiger partial charge < -0.3 is 24.4 Å². The van der Waals surface area contributed by atoms with Crippen LogP contribution < -0.4 is 0 Å². The van der Waals surface area contributed by atoms with Gasteiger partial charge in [0.15, 0.2) is 0 Å². The van der Waals surface area contributed by atoms with Crippen LogP contribution in [0, 0.1) is 17.8 Å². The molecule has 2 N–H and O–H groups in total. The molecule has 2 heterocycles. The van der Waals surface area contributed by atoms with Crippen molar-refractivity contribution in [2.45, 2.75) is 57.3 Å². The van der Waals surface area contributed by atoms with Crippen molar-refractivity contribution in [3.63, 3.8) is 0 Å². The molecule has 2 aliphatic heterocycles. The molecule has 0 aromatic carbocycles. The van der Waals surface area contributed by atoms with Crippen LogP contribution in [0.2, 0.25) is 0 Å². The Morgan fingerprint density at radius 1 is 1.39 bits per heavy atom. The quantitative estimate of drug-likeness (QED) is 0.421. The van der Waals surface area contributed by atoms with Gasteiger partial charge in [-0.1, -0.05) is 12.2 Å². The van der Waals surface area contributed by atoms with Gasteiger partial charge in [0.1, 0.15) is 23.6 Å². The zero-order chi connectivity index (χ0) is 20.8. The minimum Gasteiger partial charge on any atom is -0.512 e. The third-order valence-corrected chi connectivity index (χ3v) is 6.02. The normalized spacial score (nSPS) is 37.8. The Morgan fingerprint density at radius 3 is 2.68 bits per heavy atom. The van der Waals surface area contributed by atoms with E-state index in [0.717, 1.165) is 5.57 Å². The molecule has 1 aliphatic carbocycles. The van der Waals surface area contributed by atoms with Crippen molar-refractivity contribution in [3.8, 4) is 0 Å². The molecule has 3 rings (SSSR count). The van der Waals surface area contributed by atoms with Gasteiger partial charge in [-0.05, 0) is 26.2 Å². The number of fused-ring (bicyclic) bond motifs is 4. The van der Waals surface area contributed by atoms with Crippen LogP contribution in [-0.2, 0) is 28.6 Å².